The quantitative estimate of drug-likeness (QED) is 0.287. The molecule has 0 aromatic carbocycles. The summed E-state index contributed by atoms with van der Waals surface area (Å²) in [7, 11) is 1.81. The molecule has 2 N–H and O–H groups in total. The predicted molar refractivity (Wildman–Crippen MR) is 101 cm³/mol. The van der Waals surface area contributed by atoms with Gasteiger partial charge < -0.3 is 25.0 Å². The Morgan fingerprint density at radius 1 is 0.917 bits per heavy atom. The van der Waals surface area contributed by atoms with Crippen LogP contribution in [0.4, 0.5) is 0 Å². The number of ether oxygens (including phenoxy) is 2. The average Bonchev–Trinajstić information content (AvgIpc) is 3.11. The fourth-order valence-corrected chi connectivity index (χ4v) is 2.70. The second kappa shape index (κ2) is 15.7. The van der Waals surface area contributed by atoms with Gasteiger partial charge in [-0.05, 0) is 51.7 Å². The maximum absolute atomic E-state index is 5.53. The van der Waals surface area contributed by atoms with Gasteiger partial charge in [-0.1, -0.05) is 13.3 Å². The molecule has 0 unspecified atom stereocenters. The lowest BCUT2D eigenvalue weighted by atomic mass is 10.3. The first-order valence-electron chi connectivity index (χ1n) is 9.69. The summed E-state index contributed by atoms with van der Waals surface area (Å²) < 4.78 is 11.0. The molecule has 6 heteroatoms. The Bertz CT molecular complexity index is 307. The monoisotopic (exact) mass is 342 g/mol. The van der Waals surface area contributed by atoms with Crippen molar-refractivity contribution in [2.24, 2.45) is 4.99 Å². The van der Waals surface area contributed by atoms with Crippen molar-refractivity contribution in [3.8, 4) is 0 Å². The lowest BCUT2D eigenvalue weighted by Crippen LogP contribution is -2.39. The zero-order chi connectivity index (χ0) is 17.3. The van der Waals surface area contributed by atoms with Gasteiger partial charge in [0.15, 0.2) is 5.96 Å². The summed E-state index contributed by atoms with van der Waals surface area (Å²) in [5.41, 5.74) is 0. The fourth-order valence-electron chi connectivity index (χ4n) is 2.70. The average molecular weight is 343 g/mol. The first-order valence-corrected chi connectivity index (χ1v) is 9.69. The van der Waals surface area contributed by atoms with Crippen LogP contribution in [0, 0.1) is 0 Å². The van der Waals surface area contributed by atoms with Gasteiger partial charge in [0.05, 0.1) is 19.8 Å². The Kier molecular flexibility index (Phi) is 13.8. The molecule has 0 aromatic heterocycles. The van der Waals surface area contributed by atoms with E-state index in [0.717, 1.165) is 32.1 Å². The molecule has 1 fully saturated rings. The van der Waals surface area contributed by atoms with E-state index in [1.807, 2.05) is 7.05 Å². The van der Waals surface area contributed by atoms with Crippen molar-refractivity contribution < 1.29 is 9.47 Å². The molecule has 0 bridgehead atoms. The summed E-state index contributed by atoms with van der Waals surface area (Å²) in [5, 5.41) is 6.64. The fraction of sp³-hybridized carbons (Fsp3) is 0.944. The molecule has 0 amide bonds. The topological polar surface area (TPSA) is 58.1 Å². The number of hydrogen-bond acceptors (Lipinski definition) is 4. The van der Waals surface area contributed by atoms with Crippen molar-refractivity contribution in [1.82, 2.24) is 15.5 Å². The minimum absolute atomic E-state index is 0.661. The molecule has 0 aromatic rings. The maximum Gasteiger partial charge on any atom is 0.191 e. The van der Waals surface area contributed by atoms with E-state index in [9.17, 15) is 0 Å². The smallest absolute Gasteiger partial charge is 0.191 e. The van der Waals surface area contributed by atoms with Gasteiger partial charge in [0.25, 0.3) is 0 Å². The van der Waals surface area contributed by atoms with Crippen LogP contribution in [0.2, 0.25) is 0 Å². The Morgan fingerprint density at radius 3 is 2.33 bits per heavy atom. The first-order chi connectivity index (χ1) is 11.9. The molecular weight excluding hydrogens is 304 g/mol. The molecule has 0 aliphatic carbocycles. The standard InChI is InChI=1S/C18H38N4O2/c1-3-4-14-23-16-17-24-15-10-21-18(19-2)20-9-5-6-11-22-12-7-8-13-22/h3-17H2,1-2H3,(H2,19,20,21). The van der Waals surface area contributed by atoms with Gasteiger partial charge in [-0.3, -0.25) is 4.99 Å². The van der Waals surface area contributed by atoms with Gasteiger partial charge in [-0.15, -0.1) is 0 Å². The lowest BCUT2D eigenvalue weighted by molar-refractivity contribution is 0.0487. The highest BCUT2D eigenvalue weighted by Gasteiger charge is 2.09. The van der Waals surface area contributed by atoms with E-state index in [0.29, 0.717) is 19.8 Å². The Hall–Kier alpha value is -0.850. The molecule has 1 heterocycles. The van der Waals surface area contributed by atoms with Gasteiger partial charge in [0, 0.05) is 26.7 Å². The number of guanidine groups is 1. The largest absolute Gasteiger partial charge is 0.379 e. The number of unbranched alkanes of at least 4 members (excludes halogenated alkanes) is 2. The molecule has 6 nitrogen and oxygen atoms in total. The molecule has 0 radical (unpaired) electrons. The summed E-state index contributed by atoms with van der Waals surface area (Å²) in [6.07, 6.45) is 7.49. The number of nitrogens with one attached hydrogen (secondary N) is 2. The molecule has 0 spiro atoms. The molecule has 0 atom stereocenters. The van der Waals surface area contributed by atoms with Crippen molar-refractivity contribution in [1.29, 1.82) is 0 Å². The molecule has 0 saturated carbocycles. The Labute approximate surface area is 148 Å². The second-order valence-corrected chi connectivity index (χ2v) is 6.26. The van der Waals surface area contributed by atoms with Crippen LogP contribution in [-0.2, 0) is 9.47 Å². The van der Waals surface area contributed by atoms with Gasteiger partial charge in [0.2, 0.25) is 0 Å². The van der Waals surface area contributed by atoms with Crippen LogP contribution in [-0.4, -0.2) is 77.1 Å². The van der Waals surface area contributed by atoms with Crippen molar-refractivity contribution in [2.75, 3.05) is 66.2 Å². The van der Waals surface area contributed by atoms with E-state index in [-0.39, 0.29) is 0 Å². The summed E-state index contributed by atoms with van der Waals surface area (Å²) in [4.78, 5) is 6.80. The predicted octanol–water partition coefficient (Wildman–Crippen LogP) is 1.86. The first kappa shape index (κ1) is 21.2. The zero-order valence-electron chi connectivity index (χ0n) is 15.8. The number of nitrogens with zero attached hydrogens (tertiary/aromatic N) is 2. The van der Waals surface area contributed by atoms with E-state index in [1.54, 1.807) is 0 Å². The molecule has 24 heavy (non-hydrogen) atoms. The minimum Gasteiger partial charge on any atom is -0.379 e. The highest BCUT2D eigenvalue weighted by Crippen LogP contribution is 2.07. The molecule has 1 saturated heterocycles. The molecule has 1 rings (SSSR count). The zero-order valence-corrected chi connectivity index (χ0v) is 15.8. The van der Waals surface area contributed by atoms with Gasteiger partial charge in [0.1, 0.15) is 0 Å². The number of rotatable bonds is 14. The van der Waals surface area contributed by atoms with Crippen molar-refractivity contribution in [3.05, 3.63) is 0 Å². The van der Waals surface area contributed by atoms with Crippen LogP contribution in [0.3, 0.4) is 0 Å². The number of likely N-dealkylation sites (tertiary alicyclic amines) is 1. The lowest BCUT2D eigenvalue weighted by Gasteiger charge is -2.15. The summed E-state index contributed by atoms with van der Waals surface area (Å²) in [6.45, 7) is 10.6. The number of hydrogen-bond donors (Lipinski definition) is 2. The summed E-state index contributed by atoms with van der Waals surface area (Å²) in [6, 6.07) is 0. The van der Waals surface area contributed by atoms with Crippen LogP contribution in [0.25, 0.3) is 0 Å². The van der Waals surface area contributed by atoms with E-state index in [1.165, 1.54) is 51.7 Å². The van der Waals surface area contributed by atoms with Crippen LogP contribution in [0.1, 0.15) is 45.4 Å². The van der Waals surface area contributed by atoms with E-state index in [2.05, 4.69) is 27.4 Å². The van der Waals surface area contributed by atoms with Gasteiger partial charge >= 0.3 is 0 Å². The van der Waals surface area contributed by atoms with Crippen LogP contribution in [0.15, 0.2) is 4.99 Å². The third-order valence-electron chi connectivity index (χ3n) is 4.17. The highest BCUT2D eigenvalue weighted by molar-refractivity contribution is 5.79. The van der Waals surface area contributed by atoms with Crippen LogP contribution in [0.5, 0.6) is 0 Å². The normalized spacial score (nSPS) is 15.8. The maximum atomic E-state index is 5.53. The third kappa shape index (κ3) is 11.6. The van der Waals surface area contributed by atoms with Crippen molar-refractivity contribution in [2.45, 2.75) is 45.4 Å². The van der Waals surface area contributed by atoms with Gasteiger partial charge in [-0.25, -0.2) is 0 Å². The molecule has 1 aliphatic heterocycles. The summed E-state index contributed by atoms with van der Waals surface area (Å²) >= 11 is 0. The van der Waals surface area contributed by atoms with Crippen LogP contribution < -0.4 is 10.6 Å². The third-order valence-corrected chi connectivity index (χ3v) is 4.17. The second-order valence-electron chi connectivity index (χ2n) is 6.26. The summed E-state index contributed by atoms with van der Waals surface area (Å²) in [5.74, 6) is 0.860. The van der Waals surface area contributed by atoms with E-state index in [4.69, 9.17) is 9.47 Å². The molecule has 1 aliphatic rings. The van der Waals surface area contributed by atoms with E-state index < -0.39 is 0 Å². The van der Waals surface area contributed by atoms with Crippen LogP contribution >= 0.6 is 0 Å². The Balaban J connectivity index is 1.85. The van der Waals surface area contributed by atoms with Crippen molar-refractivity contribution >= 4 is 5.96 Å². The van der Waals surface area contributed by atoms with Gasteiger partial charge in [-0.2, -0.15) is 0 Å². The van der Waals surface area contributed by atoms with E-state index >= 15 is 0 Å². The highest BCUT2D eigenvalue weighted by atomic mass is 16.5. The Morgan fingerprint density at radius 2 is 1.62 bits per heavy atom. The molecular formula is C18H38N4O2. The van der Waals surface area contributed by atoms with Crippen molar-refractivity contribution in [3.63, 3.8) is 0 Å². The number of aliphatic imine (C=N–C) groups is 1. The minimum atomic E-state index is 0.661. The SMILES string of the molecule is CCCCOCCOCCNC(=NC)NCCCCN1CCCC1. The molecule has 142 valence electrons.